The van der Waals surface area contributed by atoms with Crippen molar-refractivity contribution in [3.63, 3.8) is 0 Å². The van der Waals surface area contributed by atoms with Gasteiger partial charge in [0.15, 0.2) is 0 Å². The van der Waals surface area contributed by atoms with E-state index < -0.39 is 11.7 Å². The Kier molecular flexibility index (Phi) is 4.87. The Morgan fingerprint density at radius 2 is 1.90 bits per heavy atom. The van der Waals surface area contributed by atoms with Crippen molar-refractivity contribution in [2.75, 3.05) is 0 Å². The highest BCUT2D eigenvalue weighted by molar-refractivity contribution is 5.27. The van der Waals surface area contributed by atoms with Crippen molar-refractivity contribution in [2.24, 2.45) is 11.8 Å². The average molecular weight is 276 g/mol. The van der Waals surface area contributed by atoms with Gasteiger partial charge in [-0.25, -0.2) is 0 Å². The van der Waals surface area contributed by atoms with Gasteiger partial charge in [0, 0.05) is 0 Å². The first kappa shape index (κ1) is 15.5. The van der Waals surface area contributed by atoms with E-state index in [1.54, 1.807) is 0 Å². The van der Waals surface area contributed by atoms with Crippen LogP contribution >= 0.6 is 0 Å². The summed E-state index contributed by atoms with van der Waals surface area (Å²) in [6.07, 6.45) is 3.64. The van der Waals surface area contributed by atoms with Crippen molar-refractivity contribution in [3.05, 3.63) is 35.4 Å². The molecule has 2 heteroatoms. The third-order valence-corrected chi connectivity index (χ3v) is 4.56. The molecular weight excluding hydrogens is 248 g/mol. The van der Waals surface area contributed by atoms with E-state index in [1.807, 2.05) is 12.1 Å². The van der Waals surface area contributed by atoms with Crippen molar-refractivity contribution >= 4 is 0 Å². The van der Waals surface area contributed by atoms with Crippen LogP contribution in [0.1, 0.15) is 63.7 Å². The SMILES string of the molecule is CC(C)Cc1cccc(C(O)C2(O)CCC(C)CC2)c1. The molecule has 0 amide bonds. The summed E-state index contributed by atoms with van der Waals surface area (Å²) in [7, 11) is 0. The second-order valence-corrected chi connectivity index (χ2v) is 7.03. The predicted octanol–water partition coefficient (Wildman–Crippen LogP) is 3.86. The zero-order valence-corrected chi connectivity index (χ0v) is 13.0. The maximum Gasteiger partial charge on any atom is 0.108 e. The summed E-state index contributed by atoms with van der Waals surface area (Å²) in [6, 6.07) is 8.08. The van der Waals surface area contributed by atoms with Crippen LogP contribution in [-0.4, -0.2) is 15.8 Å². The molecule has 1 atom stereocenters. The third-order valence-electron chi connectivity index (χ3n) is 4.56. The van der Waals surface area contributed by atoms with Crippen molar-refractivity contribution in [1.29, 1.82) is 0 Å². The molecule has 1 fully saturated rings. The van der Waals surface area contributed by atoms with Crippen molar-refractivity contribution in [3.8, 4) is 0 Å². The summed E-state index contributed by atoms with van der Waals surface area (Å²) in [4.78, 5) is 0. The number of hydrogen-bond acceptors (Lipinski definition) is 2. The fourth-order valence-electron chi connectivity index (χ4n) is 3.21. The van der Waals surface area contributed by atoms with Gasteiger partial charge in [-0.3, -0.25) is 0 Å². The van der Waals surface area contributed by atoms with E-state index in [4.69, 9.17) is 0 Å². The molecule has 1 saturated carbocycles. The minimum atomic E-state index is -0.942. The Labute approximate surface area is 122 Å². The van der Waals surface area contributed by atoms with Gasteiger partial charge >= 0.3 is 0 Å². The fraction of sp³-hybridized carbons (Fsp3) is 0.667. The number of hydrogen-bond donors (Lipinski definition) is 2. The molecule has 1 unspecified atom stereocenters. The number of aliphatic hydroxyl groups excluding tert-OH is 1. The van der Waals surface area contributed by atoms with Gasteiger partial charge in [0.2, 0.25) is 0 Å². The van der Waals surface area contributed by atoms with E-state index in [9.17, 15) is 10.2 Å². The van der Waals surface area contributed by atoms with E-state index in [1.165, 1.54) is 5.56 Å². The van der Waals surface area contributed by atoms with Gasteiger partial charge < -0.3 is 10.2 Å². The summed E-state index contributed by atoms with van der Waals surface area (Å²) < 4.78 is 0. The quantitative estimate of drug-likeness (QED) is 0.876. The average Bonchev–Trinajstić information content (AvgIpc) is 2.41. The minimum Gasteiger partial charge on any atom is -0.387 e. The molecule has 2 N–H and O–H groups in total. The van der Waals surface area contributed by atoms with Crippen LogP contribution in [-0.2, 0) is 6.42 Å². The number of aliphatic hydroxyl groups is 2. The van der Waals surface area contributed by atoms with Gasteiger partial charge in [-0.1, -0.05) is 45.0 Å². The fourth-order valence-corrected chi connectivity index (χ4v) is 3.21. The number of benzene rings is 1. The lowest BCUT2D eigenvalue weighted by Crippen LogP contribution is -2.39. The molecule has 20 heavy (non-hydrogen) atoms. The van der Waals surface area contributed by atoms with E-state index in [0.29, 0.717) is 24.7 Å². The second kappa shape index (κ2) is 6.28. The molecule has 1 aliphatic carbocycles. The molecule has 112 valence electrons. The van der Waals surface area contributed by atoms with Gasteiger partial charge in [0.05, 0.1) is 5.60 Å². The maximum atomic E-state index is 10.7. The molecule has 2 nitrogen and oxygen atoms in total. The molecule has 2 rings (SSSR count). The molecule has 0 radical (unpaired) electrons. The highest BCUT2D eigenvalue weighted by Crippen LogP contribution is 2.40. The first-order valence-corrected chi connectivity index (χ1v) is 7.90. The lowest BCUT2D eigenvalue weighted by atomic mass is 9.75. The molecule has 0 heterocycles. The molecule has 0 aromatic heterocycles. The van der Waals surface area contributed by atoms with Gasteiger partial charge in [-0.05, 0) is 55.1 Å². The van der Waals surface area contributed by atoms with Crippen molar-refractivity contribution < 1.29 is 10.2 Å². The second-order valence-electron chi connectivity index (χ2n) is 7.03. The van der Waals surface area contributed by atoms with E-state index in [2.05, 4.69) is 32.9 Å². The van der Waals surface area contributed by atoms with E-state index in [0.717, 1.165) is 24.8 Å². The number of rotatable bonds is 4. The van der Waals surface area contributed by atoms with Gasteiger partial charge in [0.25, 0.3) is 0 Å². The minimum absolute atomic E-state index is 0.598. The topological polar surface area (TPSA) is 40.5 Å². The molecule has 1 aromatic rings. The molecular formula is C18H28O2. The lowest BCUT2D eigenvalue weighted by Gasteiger charge is -2.38. The third kappa shape index (κ3) is 3.62. The lowest BCUT2D eigenvalue weighted by molar-refractivity contribution is -0.105. The van der Waals surface area contributed by atoms with Crippen molar-refractivity contribution in [2.45, 2.75) is 64.6 Å². The normalized spacial score (nSPS) is 28.6. The Hall–Kier alpha value is -0.860. The highest BCUT2D eigenvalue weighted by atomic mass is 16.3. The summed E-state index contributed by atoms with van der Waals surface area (Å²) in [5.74, 6) is 1.26. The Morgan fingerprint density at radius 3 is 2.50 bits per heavy atom. The molecule has 1 aromatic carbocycles. The molecule has 1 aliphatic rings. The maximum absolute atomic E-state index is 10.7. The summed E-state index contributed by atoms with van der Waals surface area (Å²) in [5, 5.41) is 21.3. The van der Waals surface area contributed by atoms with Crippen molar-refractivity contribution in [1.82, 2.24) is 0 Å². The van der Waals surface area contributed by atoms with Crippen LogP contribution in [0, 0.1) is 11.8 Å². The van der Waals surface area contributed by atoms with Crippen LogP contribution in [0.4, 0.5) is 0 Å². The molecule has 0 bridgehead atoms. The zero-order chi connectivity index (χ0) is 14.8. The standard InChI is InChI=1S/C18H28O2/c1-13(2)11-15-5-4-6-16(12-15)17(19)18(20)9-7-14(3)8-10-18/h4-6,12-14,17,19-20H,7-11H2,1-3H3. The highest BCUT2D eigenvalue weighted by Gasteiger charge is 2.39. The largest absolute Gasteiger partial charge is 0.387 e. The monoisotopic (exact) mass is 276 g/mol. The Bertz CT molecular complexity index is 431. The first-order chi connectivity index (χ1) is 9.40. The predicted molar refractivity (Wildman–Crippen MR) is 82.5 cm³/mol. The van der Waals surface area contributed by atoms with Crippen LogP contribution in [0.3, 0.4) is 0 Å². The van der Waals surface area contributed by atoms with Crippen LogP contribution < -0.4 is 0 Å². The first-order valence-electron chi connectivity index (χ1n) is 7.90. The smallest absolute Gasteiger partial charge is 0.108 e. The van der Waals surface area contributed by atoms with Gasteiger partial charge in [-0.15, -0.1) is 0 Å². The summed E-state index contributed by atoms with van der Waals surface area (Å²) in [5.41, 5.74) is 1.16. The van der Waals surface area contributed by atoms with Crippen LogP contribution in [0.5, 0.6) is 0 Å². The molecule has 0 spiro atoms. The molecule has 0 aliphatic heterocycles. The van der Waals surface area contributed by atoms with Crippen LogP contribution in [0.2, 0.25) is 0 Å². The van der Waals surface area contributed by atoms with Crippen LogP contribution in [0.25, 0.3) is 0 Å². The van der Waals surface area contributed by atoms with E-state index >= 15 is 0 Å². The van der Waals surface area contributed by atoms with E-state index in [-0.39, 0.29) is 0 Å². The summed E-state index contributed by atoms with van der Waals surface area (Å²) in [6.45, 7) is 6.60. The van der Waals surface area contributed by atoms with Crippen LogP contribution in [0.15, 0.2) is 24.3 Å². The zero-order valence-electron chi connectivity index (χ0n) is 13.0. The molecule has 0 saturated heterocycles. The Morgan fingerprint density at radius 1 is 1.25 bits per heavy atom. The Balaban J connectivity index is 2.14. The van der Waals surface area contributed by atoms with Gasteiger partial charge in [-0.2, -0.15) is 0 Å². The summed E-state index contributed by atoms with van der Waals surface area (Å²) >= 11 is 0. The van der Waals surface area contributed by atoms with Gasteiger partial charge in [0.1, 0.15) is 6.10 Å².